The molecule has 0 aliphatic heterocycles. The third-order valence-electron chi connectivity index (χ3n) is 4.75. The highest BCUT2D eigenvalue weighted by atomic mass is 14.9. The maximum absolute atomic E-state index is 4.43. The Morgan fingerprint density at radius 1 is 0.970 bits per heavy atom. The van der Waals surface area contributed by atoms with Crippen molar-refractivity contribution in [2.24, 2.45) is 13.0 Å². The Labute approximate surface area is 209 Å². The number of rotatable bonds is 6. The van der Waals surface area contributed by atoms with Gasteiger partial charge in [-0.15, -0.1) is 6.58 Å². The zero-order valence-electron chi connectivity index (χ0n) is 25.1. The molecule has 0 radical (unpaired) electrons. The van der Waals surface area contributed by atoms with Gasteiger partial charge in [0.25, 0.3) is 0 Å². The van der Waals surface area contributed by atoms with Crippen molar-refractivity contribution in [2.75, 3.05) is 0 Å². The molecule has 0 fully saturated rings. The van der Waals surface area contributed by atoms with Crippen LogP contribution in [-0.4, -0.2) is 9.55 Å². The van der Waals surface area contributed by atoms with Crippen molar-refractivity contribution in [3.05, 3.63) is 48.4 Å². The van der Waals surface area contributed by atoms with E-state index in [-0.39, 0.29) is 0 Å². The van der Waals surface area contributed by atoms with E-state index in [0.717, 1.165) is 18.0 Å². The van der Waals surface area contributed by atoms with Gasteiger partial charge in [-0.25, -0.2) is 0 Å². The molecule has 0 aliphatic carbocycles. The lowest BCUT2D eigenvalue weighted by atomic mass is 10.0. The van der Waals surface area contributed by atoms with Crippen molar-refractivity contribution in [3.63, 3.8) is 0 Å². The Morgan fingerprint density at radius 2 is 1.42 bits per heavy atom. The lowest BCUT2D eigenvalue weighted by molar-refractivity contribution is 0.480. The van der Waals surface area contributed by atoms with Crippen LogP contribution >= 0.6 is 0 Å². The standard InChI is InChI=1S/C14H18N2.C8H18.C3H6.3C2H6/c1-5-10(3)13-7-11-9-15-12(6-2)8-14(11)16(13)4;1-4-6-8(3)7-5-2;1-3-2;3*1-2/h5,7-9H,6H2,1-4H3;8H,4-7H2,1-3H3;3H,1H2,2H3;3*1-2H3/b10-5+;;;;;. The van der Waals surface area contributed by atoms with Gasteiger partial charge < -0.3 is 4.57 Å². The van der Waals surface area contributed by atoms with Gasteiger partial charge in [-0.1, -0.05) is 107 Å². The van der Waals surface area contributed by atoms with Gasteiger partial charge in [-0.05, 0) is 50.8 Å². The highest BCUT2D eigenvalue weighted by molar-refractivity contribution is 5.85. The number of nitrogens with zero attached hydrogens (tertiary/aromatic N) is 2. The predicted octanol–water partition coefficient (Wildman–Crippen LogP) is 11.1. The van der Waals surface area contributed by atoms with Gasteiger partial charge in [0.2, 0.25) is 0 Å². The topological polar surface area (TPSA) is 17.8 Å². The molecule has 2 nitrogen and oxygen atoms in total. The molecule has 0 amide bonds. The molecule has 0 bridgehead atoms. The van der Waals surface area contributed by atoms with E-state index in [1.165, 1.54) is 47.9 Å². The van der Waals surface area contributed by atoms with Crippen LogP contribution in [0, 0.1) is 5.92 Å². The summed E-state index contributed by atoms with van der Waals surface area (Å²) in [4.78, 5) is 4.43. The minimum Gasteiger partial charge on any atom is -0.344 e. The Kier molecular flexibility index (Phi) is 32.8. The van der Waals surface area contributed by atoms with Crippen LogP contribution in [0.2, 0.25) is 0 Å². The summed E-state index contributed by atoms with van der Waals surface area (Å²) < 4.78 is 2.24. The van der Waals surface area contributed by atoms with Crippen LogP contribution in [-0.2, 0) is 13.5 Å². The van der Waals surface area contributed by atoms with Gasteiger partial charge in [0.05, 0.1) is 5.52 Å². The fourth-order valence-corrected chi connectivity index (χ4v) is 3.12. The summed E-state index contributed by atoms with van der Waals surface area (Å²) in [7, 11) is 2.12. The molecule has 0 N–H and O–H groups in total. The number of pyridine rings is 1. The van der Waals surface area contributed by atoms with Gasteiger partial charge in [0.1, 0.15) is 0 Å². The normalized spacial score (nSPS) is 9.48. The Hall–Kier alpha value is -1.83. The quantitative estimate of drug-likeness (QED) is 0.392. The Morgan fingerprint density at radius 3 is 1.79 bits per heavy atom. The molecule has 0 aromatic carbocycles. The molecule has 0 atom stereocenters. The third kappa shape index (κ3) is 17.3. The van der Waals surface area contributed by atoms with E-state index in [4.69, 9.17) is 0 Å². The van der Waals surface area contributed by atoms with Gasteiger partial charge in [0.15, 0.2) is 0 Å². The van der Waals surface area contributed by atoms with Gasteiger partial charge in [0, 0.05) is 30.0 Å². The first kappa shape index (κ1) is 38.4. The first-order valence-corrected chi connectivity index (χ1v) is 13.5. The fraction of sp³-hybridized carbons (Fsp3) is 0.645. The van der Waals surface area contributed by atoms with Crippen LogP contribution in [0.25, 0.3) is 16.5 Å². The molecular formula is C31H60N2. The molecule has 2 heteroatoms. The second-order valence-corrected chi connectivity index (χ2v) is 7.24. The minimum atomic E-state index is 0.963. The number of hydrogen-bond donors (Lipinski definition) is 0. The summed E-state index contributed by atoms with van der Waals surface area (Å²) in [5, 5.41) is 1.22. The zero-order valence-corrected chi connectivity index (χ0v) is 25.1. The van der Waals surface area contributed by atoms with E-state index >= 15 is 0 Å². The fourth-order valence-electron chi connectivity index (χ4n) is 3.12. The smallest absolute Gasteiger partial charge is 0.0516 e. The molecule has 194 valence electrons. The minimum absolute atomic E-state index is 0.963. The summed E-state index contributed by atoms with van der Waals surface area (Å²) in [6.45, 7) is 30.5. The molecule has 0 spiro atoms. The molecule has 0 saturated carbocycles. The monoisotopic (exact) mass is 460 g/mol. The van der Waals surface area contributed by atoms with E-state index in [1.807, 2.05) is 54.7 Å². The summed E-state index contributed by atoms with van der Waals surface area (Å²) in [5.41, 5.74) is 4.99. The molecule has 2 aromatic rings. The molecule has 0 aliphatic rings. The number of aryl methyl sites for hydroxylation is 2. The van der Waals surface area contributed by atoms with Crippen molar-refractivity contribution >= 4 is 16.5 Å². The highest BCUT2D eigenvalue weighted by Crippen LogP contribution is 2.23. The largest absolute Gasteiger partial charge is 0.344 e. The maximum Gasteiger partial charge on any atom is 0.0516 e. The predicted molar refractivity (Wildman–Crippen MR) is 158 cm³/mol. The van der Waals surface area contributed by atoms with Gasteiger partial charge in [-0.2, -0.15) is 0 Å². The SMILES string of the molecule is C/C=C(\C)c1cc2cnc(CC)cc2n1C.C=CC.CC.CC.CC.CCCC(C)CCC. The van der Waals surface area contributed by atoms with Crippen LogP contribution in [0.3, 0.4) is 0 Å². The summed E-state index contributed by atoms with van der Waals surface area (Å²) in [5.74, 6) is 0.963. The molecular weight excluding hydrogens is 400 g/mol. The Bertz CT molecular complexity index is 686. The van der Waals surface area contributed by atoms with E-state index in [1.54, 1.807) is 6.08 Å². The van der Waals surface area contributed by atoms with Crippen LogP contribution in [0.15, 0.2) is 37.1 Å². The number of hydrogen-bond acceptors (Lipinski definition) is 1. The summed E-state index contributed by atoms with van der Waals surface area (Å²) in [6.07, 6.45) is 12.4. The zero-order chi connectivity index (χ0) is 26.8. The average molecular weight is 461 g/mol. The van der Waals surface area contributed by atoms with Crippen LogP contribution in [0.4, 0.5) is 0 Å². The van der Waals surface area contributed by atoms with Crippen LogP contribution in [0.1, 0.15) is 127 Å². The number of allylic oxidation sites excluding steroid dienone is 3. The van der Waals surface area contributed by atoms with E-state index in [0.29, 0.717) is 0 Å². The first-order valence-electron chi connectivity index (χ1n) is 13.5. The average Bonchev–Trinajstić information content (AvgIpc) is 3.19. The second kappa shape index (κ2) is 28.2. The van der Waals surface area contributed by atoms with Gasteiger partial charge >= 0.3 is 0 Å². The number of fused-ring (bicyclic) bond motifs is 1. The van der Waals surface area contributed by atoms with Crippen molar-refractivity contribution in [2.45, 2.75) is 122 Å². The van der Waals surface area contributed by atoms with E-state index < -0.39 is 0 Å². The highest BCUT2D eigenvalue weighted by Gasteiger charge is 2.07. The van der Waals surface area contributed by atoms with Crippen LogP contribution in [0.5, 0.6) is 0 Å². The molecule has 0 saturated heterocycles. The number of aromatic nitrogens is 2. The van der Waals surface area contributed by atoms with Crippen molar-refractivity contribution in [1.29, 1.82) is 0 Å². The Balaban J connectivity index is -0.000000209. The lowest BCUT2D eigenvalue weighted by Crippen LogP contribution is -1.94. The maximum atomic E-state index is 4.43. The van der Waals surface area contributed by atoms with E-state index in [2.05, 4.69) is 82.9 Å². The van der Waals surface area contributed by atoms with E-state index in [9.17, 15) is 0 Å². The molecule has 2 rings (SSSR count). The van der Waals surface area contributed by atoms with Crippen molar-refractivity contribution in [3.8, 4) is 0 Å². The molecule has 2 heterocycles. The summed E-state index contributed by atoms with van der Waals surface area (Å²) >= 11 is 0. The second-order valence-electron chi connectivity index (χ2n) is 7.24. The van der Waals surface area contributed by atoms with Gasteiger partial charge in [-0.3, -0.25) is 4.98 Å². The van der Waals surface area contributed by atoms with Crippen molar-refractivity contribution < 1.29 is 0 Å². The lowest BCUT2D eigenvalue weighted by Gasteiger charge is -2.05. The summed E-state index contributed by atoms with van der Waals surface area (Å²) in [6, 6.07) is 4.39. The van der Waals surface area contributed by atoms with Crippen LogP contribution < -0.4 is 0 Å². The van der Waals surface area contributed by atoms with Crippen molar-refractivity contribution in [1.82, 2.24) is 9.55 Å². The first-order chi connectivity index (χ1) is 15.9. The third-order valence-corrected chi connectivity index (χ3v) is 4.75. The molecule has 2 aromatic heterocycles. The molecule has 0 unspecified atom stereocenters. The molecule has 33 heavy (non-hydrogen) atoms.